The number of anilines is 1. The van der Waals surface area contributed by atoms with Gasteiger partial charge < -0.3 is 4.74 Å². The van der Waals surface area contributed by atoms with Gasteiger partial charge in [0, 0.05) is 15.8 Å². The van der Waals surface area contributed by atoms with Crippen molar-refractivity contribution < 1.29 is 23.5 Å². The van der Waals surface area contributed by atoms with Gasteiger partial charge in [-0.15, -0.1) is 0 Å². The number of thiazole rings is 1. The van der Waals surface area contributed by atoms with Crippen molar-refractivity contribution in [2.45, 2.75) is 29.7 Å². The maximum Gasteiger partial charge on any atom is 0.326 e. The average molecular weight is 533 g/mol. The van der Waals surface area contributed by atoms with E-state index in [4.69, 9.17) is 16.3 Å². The molecule has 1 aromatic heterocycles. The van der Waals surface area contributed by atoms with Gasteiger partial charge in [-0.25, -0.2) is 9.29 Å². The first-order chi connectivity index (χ1) is 16.8. The largest absolute Gasteiger partial charge is 0.465 e. The first-order valence-corrected chi connectivity index (χ1v) is 12.8. The molecule has 0 saturated carbocycles. The Hall–Kier alpha value is -2.95. The molecule has 3 unspecified atom stereocenters. The summed E-state index contributed by atoms with van der Waals surface area (Å²) >= 11 is 8.13. The van der Waals surface area contributed by atoms with Crippen LogP contribution < -0.4 is 9.77 Å². The van der Waals surface area contributed by atoms with Crippen LogP contribution in [0.5, 0.6) is 0 Å². The quantitative estimate of drug-likeness (QED) is 0.364. The third-order valence-corrected chi connectivity index (χ3v) is 8.81. The molecule has 1 saturated heterocycles. The van der Waals surface area contributed by atoms with Crippen LogP contribution in [0.4, 0.5) is 10.1 Å². The van der Waals surface area contributed by atoms with Gasteiger partial charge in [-0.1, -0.05) is 46.8 Å². The highest BCUT2D eigenvalue weighted by molar-refractivity contribution is 8.00. The van der Waals surface area contributed by atoms with E-state index in [0.29, 0.717) is 14.9 Å². The van der Waals surface area contributed by atoms with E-state index in [1.807, 2.05) is 0 Å². The van der Waals surface area contributed by atoms with Gasteiger partial charge in [-0.3, -0.25) is 23.7 Å². The first-order valence-electron chi connectivity index (χ1n) is 10.7. The molecule has 0 aliphatic carbocycles. The van der Waals surface area contributed by atoms with E-state index >= 15 is 0 Å². The molecule has 2 aliphatic rings. The minimum Gasteiger partial charge on any atom is -0.465 e. The first kappa shape index (κ1) is 23.8. The van der Waals surface area contributed by atoms with E-state index in [1.54, 1.807) is 31.2 Å². The van der Waals surface area contributed by atoms with E-state index < -0.39 is 40.7 Å². The Balaban J connectivity index is 1.64. The molecule has 11 heteroatoms. The highest BCUT2D eigenvalue weighted by Crippen LogP contribution is 2.53. The molecule has 7 nitrogen and oxygen atoms in total. The molecule has 1 fully saturated rings. The summed E-state index contributed by atoms with van der Waals surface area (Å²) in [5, 5.41) is 0.144. The molecule has 2 aromatic carbocycles. The van der Waals surface area contributed by atoms with Crippen molar-refractivity contribution in [3.8, 4) is 0 Å². The molecule has 3 atom stereocenters. The molecule has 5 rings (SSSR count). The number of fused-ring (bicyclic) bond motifs is 2. The summed E-state index contributed by atoms with van der Waals surface area (Å²) in [6.45, 7) is 1.55. The van der Waals surface area contributed by atoms with Gasteiger partial charge >= 0.3 is 10.8 Å². The summed E-state index contributed by atoms with van der Waals surface area (Å²) in [7, 11) is 0. The monoisotopic (exact) mass is 532 g/mol. The Kier molecular flexibility index (Phi) is 6.29. The number of carbonyl (C=O) groups excluding carboxylic acids is 3. The minimum absolute atomic E-state index is 0.171. The van der Waals surface area contributed by atoms with Crippen LogP contribution in [0.15, 0.2) is 58.4 Å². The van der Waals surface area contributed by atoms with Crippen molar-refractivity contribution in [3.05, 3.63) is 79.5 Å². The third kappa shape index (κ3) is 4.09. The fourth-order valence-corrected chi connectivity index (χ4v) is 7.36. The highest BCUT2D eigenvalue weighted by Gasteiger charge is 2.56. The zero-order valence-corrected chi connectivity index (χ0v) is 20.7. The zero-order chi connectivity index (χ0) is 24.9. The zero-order valence-electron chi connectivity index (χ0n) is 18.3. The summed E-state index contributed by atoms with van der Waals surface area (Å²) in [5.74, 6) is -3.33. The third-order valence-electron chi connectivity index (χ3n) is 5.96. The van der Waals surface area contributed by atoms with E-state index in [2.05, 4.69) is 0 Å². The average Bonchev–Trinajstić information content (AvgIpc) is 3.27. The number of ether oxygens (including phenoxy) is 1. The van der Waals surface area contributed by atoms with Crippen molar-refractivity contribution in [2.24, 2.45) is 5.92 Å². The van der Waals surface area contributed by atoms with Gasteiger partial charge in [0.15, 0.2) is 0 Å². The van der Waals surface area contributed by atoms with Gasteiger partial charge in [0.05, 0.1) is 23.2 Å². The number of hydrogen-bond acceptors (Lipinski definition) is 7. The van der Waals surface area contributed by atoms with Crippen LogP contribution in [-0.4, -0.2) is 34.2 Å². The molecular weight excluding hydrogens is 515 g/mol. The summed E-state index contributed by atoms with van der Waals surface area (Å²) in [5.41, 5.74) is 0.996. The number of imide groups is 1. The van der Waals surface area contributed by atoms with Crippen LogP contribution in [0.25, 0.3) is 0 Å². The smallest absolute Gasteiger partial charge is 0.326 e. The number of carbonyl (C=O) groups is 3. The molecule has 0 bridgehead atoms. The highest BCUT2D eigenvalue weighted by atomic mass is 35.5. The molecule has 0 N–H and O–H groups in total. The molecule has 35 heavy (non-hydrogen) atoms. The molecule has 0 radical (unpaired) electrons. The Labute approximate surface area is 212 Å². The van der Waals surface area contributed by atoms with Crippen LogP contribution >= 0.6 is 34.7 Å². The van der Waals surface area contributed by atoms with Crippen LogP contribution in [0.2, 0.25) is 5.02 Å². The van der Waals surface area contributed by atoms with E-state index in [1.165, 1.54) is 28.8 Å². The Morgan fingerprint density at radius 2 is 1.74 bits per heavy atom. The van der Waals surface area contributed by atoms with Crippen LogP contribution in [-0.2, 0) is 25.7 Å². The fraction of sp³-hybridized carbons (Fsp3) is 0.250. The number of rotatable bonds is 5. The van der Waals surface area contributed by atoms with Gasteiger partial charge in [0.25, 0.3) is 0 Å². The lowest BCUT2D eigenvalue weighted by molar-refractivity contribution is -0.144. The Bertz CT molecular complexity index is 1390. The summed E-state index contributed by atoms with van der Waals surface area (Å²) < 4.78 is 19.8. The fourth-order valence-electron chi connectivity index (χ4n) is 4.46. The molecule has 2 aliphatic heterocycles. The molecule has 3 aromatic rings. The second-order valence-corrected chi connectivity index (χ2v) is 10.6. The predicted molar refractivity (Wildman–Crippen MR) is 131 cm³/mol. The molecule has 180 valence electrons. The Morgan fingerprint density at radius 3 is 2.40 bits per heavy atom. The van der Waals surface area contributed by atoms with Crippen molar-refractivity contribution in [3.63, 3.8) is 0 Å². The van der Waals surface area contributed by atoms with E-state index in [9.17, 15) is 23.6 Å². The van der Waals surface area contributed by atoms with Crippen molar-refractivity contribution in [1.82, 2.24) is 4.57 Å². The number of thioether (sulfide) groups is 1. The second-order valence-electron chi connectivity index (χ2n) is 8.01. The molecular formula is C24H18ClFN2O5S2. The number of esters is 1. The van der Waals surface area contributed by atoms with Crippen LogP contribution in [0.1, 0.15) is 23.3 Å². The number of aromatic nitrogens is 1. The second kappa shape index (κ2) is 9.25. The van der Waals surface area contributed by atoms with Gasteiger partial charge in [0.1, 0.15) is 17.6 Å². The van der Waals surface area contributed by atoms with E-state index in [-0.39, 0.29) is 23.7 Å². The summed E-state index contributed by atoms with van der Waals surface area (Å²) in [6, 6.07) is 12.1. The maximum atomic E-state index is 13.7. The number of benzene rings is 2. The summed E-state index contributed by atoms with van der Waals surface area (Å²) in [6.07, 6.45) is 0. The SMILES string of the molecule is CCOC(=O)Cn1c2c(sc1=O)C(c1ccc(Cl)cc1)C1C(=O)N(c3ccc(F)cc3)C(=O)C1S2. The van der Waals surface area contributed by atoms with Crippen LogP contribution in [0, 0.1) is 11.7 Å². The lowest BCUT2D eigenvalue weighted by Gasteiger charge is -2.30. The standard InChI is InChI=1S/C24H18ClFN2O5S2/c1-2-33-16(29)11-27-23-20(35-24(27)32)17(12-3-5-13(25)6-4-12)18-19(34-23)22(31)28(21(18)30)15-9-7-14(26)8-10-15/h3-10,17-19H,2,11H2,1H3. The number of hydrogen-bond donors (Lipinski definition) is 0. The molecule has 0 spiro atoms. The molecule has 3 heterocycles. The Morgan fingerprint density at radius 1 is 1.06 bits per heavy atom. The normalized spacial score (nSPS) is 21.1. The topological polar surface area (TPSA) is 85.7 Å². The lowest BCUT2D eigenvalue weighted by atomic mass is 9.83. The van der Waals surface area contributed by atoms with Gasteiger partial charge in [-0.05, 0) is 48.9 Å². The predicted octanol–water partition coefficient (Wildman–Crippen LogP) is 4.06. The lowest BCUT2D eigenvalue weighted by Crippen LogP contribution is -2.32. The van der Waals surface area contributed by atoms with Crippen molar-refractivity contribution in [1.29, 1.82) is 0 Å². The summed E-state index contributed by atoms with van der Waals surface area (Å²) in [4.78, 5) is 53.6. The number of halogens is 2. The van der Waals surface area contributed by atoms with Crippen LogP contribution in [0.3, 0.4) is 0 Å². The van der Waals surface area contributed by atoms with Gasteiger partial charge in [0.2, 0.25) is 11.8 Å². The molecule has 2 amide bonds. The van der Waals surface area contributed by atoms with Gasteiger partial charge in [-0.2, -0.15) is 0 Å². The van der Waals surface area contributed by atoms with Crippen molar-refractivity contribution >= 4 is 58.2 Å². The number of amides is 2. The van der Waals surface area contributed by atoms with E-state index in [0.717, 1.165) is 33.6 Å². The number of nitrogens with zero attached hydrogens (tertiary/aromatic N) is 2. The minimum atomic E-state index is -0.830. The van der Waals surface area contributed by atoms with Crippen molar-refractivity contribution in [2.75, 3.05) is 11.5 Å². The maximum absolute atomic E-state index is 13.7.